The maximum Gasteiger partial charge on any atom is 0.246 e. The van der Waals surface area contributed by atoms with Crippen molar-refractivity contribution in [3.8, 4) is 11.8 Å². The molecule has 680 valence electrons. The van der Waals surface area contributed by atoms with Crippen molar-refractivity contribution in [2.75, 3.05) is 89.4 Å². The van der Waals surface area contributed by atoms with Crippen molar-refractivity contribution in [3.05, 3.63) is 129 Å². The lowest BCUT2D eigenvalue weighted by atomic mass is 9.49. The number of para-hydroxylation sites is 1. The molecule has 4 fully saturated rings. The lowest BCUT2D eigenvalue weighted by molar-refractivity contribution is -0.226. The van der Waals surface area contributed by atoms with Crippen LogP contribution in [0.25, 0.3) is 0 Å². The van der Waals surface area contributed by atoms with Gasteiger partial charge in [-0.15, -0.1) is 0 Å². The Morgan fingerprint density at radius 1 is 0.592 bits per heavy atom. The Hall–Kier alpha value is -9.39. The fourth-order valence-electron chi connectivity index (χ4n) is 19.8. The summed E-state index contributed by atoms with van der Waals surface area (Å²) in [6, 6.07) is 24.4. The van der Waals surface area contributed by atoms with E-state index in [1.807, 2.05) is 73.7 Å². The molecule has 9 amide bonds. The number of amides is 9. The standard InChI is InChI=1S/C95H131N11O19/c1-59(2)81(88(117)99-61(4)86(115)100-67-34-31-64-33-36-76-93(6,69(64)55-67)41-19-43-95(76,8)91(119)104-90(118)94(7)42-18-40-92(5)68-54-60(3)27-28-63(68)32-35-75(92)94)103-87(116)71(24-16-17-44-97-79(110)58-124-73-26-11-9-10-23-70(82(73)105-96)102-89-85(114)84(113)83(112)74(57-107)125-89)101-78(109)39-46-120-48-50-122-52-53-123-51-49-121-47-45-98-77(108)37-38-80(111)106-56-66-22-13-12-20-62(66)29-30-65-21-14-15-25-72(65)106/h12-15,20-22,25,27-28,31,34,54-55,59,61,71,73-76,81,83-85,89,107,112-114H,9-11,16-19,23-24,26,32-33,35-53,56-58,96H2,1-8H3,(H,97,110)(H,98,108)(H,99,117)(H,100,115)(H,101,109)(H,103,116)(H,104,118,119)/t61-,71+,73?,74+,75+,76+,81-,83-,84-,85+,89+,92+,93+,94-,95-/m0/s1. The molecule has 4 aromatic carbocycles. The van der Waals surface area contributed by atoms with E-state index in [-0.39, 0.29) is 138 Å². The Balaban J connectivity index is 0.631. The van der Waals surface area contributed by atoms with Gasteiger partial charge >= 0.3 is 0 Å². The number of hydrogen-bond acceptors (Lipinski definition) is 22. The van der Waals surface area contributed by atoms with Crippen LogP contribution in [-0.2, 0) is 102 Å². The third-order valence-electron chi connectivity index (χ3n) is 26.9. The molecule has 7 aliphatic rings. The highest BCUT2D eigenvalue weighted by Crippen LogP contribution is 2.60. The first-order chi connectivity index (χ1) is 60.0. The molecule has 0 aromatic heterocycles. The first kappa shape index (κ1) is 96.2. The Morgan fingerprint density at radius 3 is 1.87 bits per heavy atom. The summed E-state index contributed by atoms with van der Waals surface area (Å²) in [5.41, 5.74) is 8.10. The third-order valence-corrected chi connectivity index (χ3v) is 26.9. The summed E-state index contributed by atoms with van der Waals surface area (Å²) in [6.07, 6.45) is 3.40. The number of nitrogens with one attached hydrogen (secondary N) is 7. The van der Waals surface area contributed by atoms with Gasteiger partial charge in [-0.1, -0.05) is 139 Å². The molecule has 5 aliphatic carbocycles. The largest absolute Gasteiger partial charge is 0.394 e. The van der Waals surface area contributed by atoms with Crippen LogP contribution in [0.15, 0.2) is 95.0 Å². The monoisotopic (exact) mass is 1730 g/mol. The van der Waals surface area contributed by atoms with Crippen LogP contribution in [0.5, 0.6) is 0 Å². The van der Waals surface area contributed by atoms with Crippen LogP contribution in [0.3, 0.4) is 0 Å². The number of nitrogens with two attached hydrogens (primary N) is 1. The minimum atomic E-state index is -1.65. The lowest BCUT2D eigenvalue weighted by Crippen LogP contribution is -2.60. The molecule has 0 bridgehead atoms. The second kappa shape index (κ2) is 44.9. The number of rotatable bonds is 38. The van der Waals surface area contributed by atoms with Crippen molar-refractivity contribution < 1.29 is 92.0 Å². The van der Waals surface area contributed by atoms with Gasteiger partial charge in [0.25, 0.3) is 0 Å². The zero-order chi connectivity index (χ0) is 89.6. The SMILES string of the molecule is Cc1ccc2c(c1)[C@@]1(C)CCC[C@](C)(C(=O)NC(=O)[C@@]3(C)CCC[C@]4(C)c5cc(NC(=O)[C@H](C)NC(=O)[C@@H](NC(=O)[C@@H](CCCCNC(=O)COC6CCCCCC(=N[C@@H]7O[C@H](CO)[C@H](O)[C@H](O)[C@H]7O)C6=NN)NC(=O)CCOCCOCCOCCOCCNC(=O)CCC(=O)N6Cc7ccccc7C#Cc7ccccc76)C(C)C)ccc5CC[C@@H]34)[C@@H]1CC2. The molecule has 15 atom stereocenters. The summed E-state index contributed by atoms with van der Waals surface area (Å²) in [4.78, 5) is 133. The number of aliphatic hydroxyl groups excluding tert-OH is 4. The van der Waals surface area contributed by atoms with Crippen LogP contribution in [0.2, 0.25) is 0 Å². The number of carbonyl (C=O) groups excluding carboxylic acids is 9. The quantitative estimate of drug-likeness (QED) is 0.00712. The molecule has 2 aliphatic heterocycles. The summed E-state index contributed by atoms with van der Waals surface area (Å²) in [5.74, 6) is 8.14. The summed E-state index contributed by atoms with van der Waals surface area (Å²) in [6.45, 7) is 17.1. The molecule has 0 spiro atoms. The predicted octanol–water partition coefficient (Wildman–Crippen LogP) is 6.92. The number of anilines is 2. The second-order valence-electron chi connectivity index (χ2n) is 36.0. The summed E-state index contributed by atoms with van der Waals surface area (Å²) < 4.78 is 34.4. The van der Waals surface area contributed by atoms with E-state index in [1.54, 1.807) is 25.7 Å². The molecule has 13 N–H and O–H groups in total. The van der Waals surface area contributed by atoms with Crippen molar-refractivity contribution >= 4 is 76.0 Å². The van der Waals surface area contributed by atoms with Crippen LogP contribution in [0.1, 0.15) is 215 Å². The molecule has 11 rings (SSSR count). The average molecular weight is 1730 g/mol. The zero-order valence-electron chi connectivity index (χ0n) is 73.9. The van der Waals surface area contributed by atoms with Gasteiger partial charge in [0, 0.05) is 49.2 Å². The van der Waals surface area contributed by atoms with Gasteiger partial charge in [-0.3, -0.25) is 53.5 Å². The van der Waals surface area contributed by atoms with E-state index in [0.29, 0.717) is 81.4 Å². The Labute approximate surface area is 733 Å². The number of nitrogens with zero attached hydrogens (tertiary/aromatic N) is 3. The highest BCUT2D eigenvalue weighted by molar-refractivity contribution is 6.44. The van der Waals surface area contributed by atoms with E-state index in [0.717, 1.165) is 79.2 Å². The van der Waals surface area contributed by atoms with E-state index in [9.17, 15) is 63.6 Å². The van der Waals surface area contributed by atoms with Gasteiger partial charge in [-0.25, -0.2) is 0 Å². The van der Waals surface area contributed by atoms with Crippen LogP contribution in [0.4, 0.5) is 11.4 Å². The first-order valence-corrected chi connectivity index (χ1v) is 44.9. The molecule has 125 heavy (non-hydrogen) atoms. The normalized spacial score (nSPS) is 26.4. The van der Waals surface area contributed by atoms with E-state index >= 15 is 0 Å². The number of benzene rings is 4. The van der Waals surface area contributed by atoms with Gasteiger partial charge in [-0.05, 0) is 190 Å². The van der Waals surface area contributed by atoms with Gasteiger partial charge in [0.1, 0.15) is 61.0 Å². The highest BCUT2D eigenvalue weighted by Gasteiger charge is 2.59. The van der Waals surface area contributed by atoms with Crippen molar-refractivity contribution in [1.82, 2.24) is 31.9 Å². The third kappa shape index (κ3) is 24.1. The van der Waals surface area contributed by atoms with Crippen molar-refractivity contribution in [2.24, 2.45) is 44.5 Å². The Bertz CT molecular complexity index is 4580. The summed E-state index contributed by atoms with van der Waals surface area (Å²) in [7, 11) is 0. The number of hydrogen-bond donors (Lipinski definition) is 12. The second-order valence-corrected chi connectivity index (χ2v) is 36.0. The lowest BCUT2D eigenvalue weighted by Gasteiger charge is -2.56. The number of fused-ring (bicyclic) bond motifs is 8. The number of aliphatic hydroxyl groups is 4. The highest BCUT2D eigenvalue weighted by atomic mass is 16.6. The summed E-state index contributed by atoms with van der Waals surface area (Å²) >= 11 is 0. The van der Waals surface area contributed by atoms with Crippen molar-refractivity contribution in [1.29, 1.82) is 0 Å². The van der Waals surface area contributed by atoms with Gasteiger partial charge in [0.15, 0.2) is 6.23 Å². The number of aryl methyl sites for hydroxylation is 3. The maximum absolute atomic E-state index is 15.0. The van der Waals surface area contributed by atoms with Crippen LogP contribution >= 0.6 is 0 Å². The van der Waals surface area contributed by atoms with Gasteiger partial charge in [-0.2, -0.15) is 5.10 Å². The molecule has 1 saturated heterocycles. The minimum absolute atomic E-state index is 0.0122. The molecule has 30 heteroatoms. The topological polar surface area (TPSA) is 428 Å². The van der Waals surface area contributed by atoms with Crippen molar-refractivity contribution in [3.63, 3.8) is 0 Å². The fraction of sp³-hybridized carbons (Fsp3) is 0.611. The van der Waals surface area contributed by atoms with Gasteiger partial charge in [0.2, 0.25) is 53.2 Å². The molecule has 1 unspecified atom stereocenters. The number of imide groups is 1. The van der Waals surface area contributed by atoms with E-state index in [4.69, 9.17) is 34.3 Å². The molecule has 2 heterocycles. The van der Waals surface area contributed by atoms with Crippen LogP contribution in [-0.4, -0.2) is 219 Å². The van der Waals surface area contributed by atoms with Gasteiger partial charge in [0.05, 0.1) is 88.2 Å². The van der Waals surface area contributed by atoms with E-state index in [2.05, 4.69) is 105 Å². The number of aliphatic imine (C=N–C) groups is 1. The molecular weight excluding hydrogens is 1600 g/mol. The van der Waals surface area contributed by atoms with Gasteiger partial charge < -0.3 is 91.5 Å². The molecule has 30 nitrogen and oxygen atoms in total. The number of carbonyl (C=O) groups is 9. The zero-order valence-corrected chi connectivity index (χ0v) is 73.9. The molecule has 3 saturated carbocycles. The molecule has 4 aromatic rings. The predicted molar refractivity (Wildman–Crippen MR) is 471 cm³/mol. The smallest absolute Gasteiger partial charge is 0.246 e. The maximum atomic E-state index is 15.0. The average Bonchev–Trinajstić information content (AvgIpc) is 0.720. The summed E-state index contributed by atoms with van der Waals surface area (Å²) in [5, 5.41) is 65.5. The van der Waals surface area contributed by atoms with Crippen LogP contribution < -0.4 is 48.0 Å². The molecular formula is C95H131N11O19. The van der Waals surface area contributed by atoms with Crippen LogP contribution in [0, 0.1) is 47.3 Å². The van der Waals surface area contributed by atoms with Crippen molar-refractivity contribution in [2.45, 2.75) is 262 Å². The fourth-order valence-corrected chi connectivity index (χ4v) is 19.8. The number of hydrazone groups is 1. The minimum Gasteiger partial charge on any atom is -0.394 e. The first-order valence-electron chi connectivity index (χ1n) is 44.9. The van der Waals surface area contributed by atoms with E-state index < -0.39 is 120 Å². The Morgan fingerprint density at radius 2 is 1.21 bits per heavy atom. The number of ether oxygens (including phenoxy) is 6. The number of unbranched alkanes of at least 4 members (excludes halogenated alkanes) is 1. The molecule has 0 radical (unpaired) electrons. The van der Waals surface area contributed by atoms with E-state index in [1.165, 1.54) is 16.7 Å². The Kier molecular flexibility index (Phi) is 34.5.